The third kappa shape index (κ3) is 8.16. The zero-order valence-electron chi connectivity index (χ0n) is 22.4. The van der Waals surface area contributed by atoms with E-state index in [9.17, 15) is 9.59 Å². The van der Waals surface area contributed by atoms with E-state index in [0.717, 1.165) is 51.9 Å². The van der Waals surface area contributed by atoms with Gasteiger partial charge in [-0.3, -0.25) is 9.59 Å². The molecule has 0 radical (unpaired) electrons. The summed E-state index contributed by atoms with van der Waals surface area (Å²) < 4.78 is 11.3. The van der Waals surface area contributed by atoms with Gasteiger partial charge in [-0.2, -0.15) is 0 Å². The molecule has 206 valence electrons. The fourth-order valence-electron chi connectivity index (χ4n) is 4.07. The number of fused-ring (bicyclic) bond motifs is 2. The third-order valence-corrected chi connectivity index (χ3v) is 9.32. The highest BCUT2D eigenvalue weighted by Gasteiger charge is 2.17. The Labute approximate surface area is 242 Å². The summed E-state index contributed by atoms with van der Waals surface area (Å²) in [5.41, 5.74) is 3.55. The molecule has 39 heavy (non-hydrogen) atoms. The molecule has 2 aromatic carbocycles. The molecule has 0 fully saturated rings. The van der Waals surface area contributed by atoms with Gasteiger partial charge in [0.05, 0.1) is 16.7 Å². The van der Waals surface area contributed by atoms with Gasteiger partial charge in [0.25, 0.3) is 0 Å². The summed E-state index contributed by atoms with van der Waals surface area (Å²) in [5.74, 6) is 2.34. The number of hydrogen-bond acceptors (Lipinski definition) is 7. The predicted octanol–water partition coefficient (Wildman–Crippen LogP) is 7.98. The molecule has 0 N–H and O–H groups in total. The minimum atomic E-state index is -0.138. The normalized spacial score (nSPS) is 12.1. The minimum absolute atomic E-state index is 0.125. The number of thioether (sulfide) groups is 2. The molecule has 2 heterocycles. The van der Waals surface area contributed by atoms with Gasteiger partial charge in [0, 0.05) is 48.5 Å². The Morgan fingerprint density at radius 2 is 1.77 bits per heavy atom. The molecule has 0 spiro atoms. The van der Waals surface area contributed by atoms with Crippen LogP contribution < -0.4 is 0 Å². The summed E-state index contributed by atoms with van der Waals surface area (Å²) in [5, 5.41) is 2.68. The highest BCUT2D eigenvalue weighted by Crippen LogP contribution is 2.42. The zero-order valence-corrected chi connectivity index (χ0v) is 24.8. The number of amides is 1. The largest absolute Gasteiger partial charge is 0.466 e. The van der Waals surface area contributed by atoms with Gasteiger partial charge >= 0.3 is 5.97 Å². The predicted molar refractivity (Wildman–Crippen MR) is 163 cm³/mol. The van der Waals surface area contributed by atoms with Crippen LogP contribution in [-0.2, 0) is 14.3 Å². The zero-order chi connectivity index (χ0) is 27.8. The molecule has 1 unspecified atom stereocenters. The molecule has 1 atom stereocenters. The monoisotopic (exact) mass is 584 g/mol. The molecular formula is C30H33ClN2O4S2. The number of ether oxygens (including phenoxy) is 1. The molecule has 0 saturated heterocycles. The number of aromatic nitrogens is 1. The van der Waals surface area contributed by atoms with Crippen LogP contribution in [0.25, 0.3) is 33.3 Å². The molecule has 6 nitrogen and oxygen atoms in total. The third-order valence-electron chi connectivity index (χ3n) is 6.15. The quantitative estimate of drug-likeness (QED) is 0.0896. The Morgan fingerprint density at radius 3 is 2.56 bits per heavy atom. The van der Waals surface area contributed by atoms with E-state index in [0.29, 0.717) is 30.2 Å². The molecule has 1 amide bonds. The van der Waals surface area contributed by atoms with Crippen LogP contribution in [-0.4, -0.2) is 54.0 Å². The van der Waals surface area contributed by atoms with Gasteiger partial charge in [0.15, 0.2) is 5.76 Å². The smallest absolute Gasteiger partial charge is 0.305 e. The molecule has 0 aliphatic rings. The topological polar surface area (TPSA) is 72.6 Å². The van der Waals surface area contributed by atoms with Gasteiger partial charge in [-0.25, -0.2) is 4.98 Å². The molecule has 0 aliphatic heterocycles. The standard InChI is InChI=1S/C30H33ClN2O4S2/c1-4-36-29(35)7-5-6-15-38-30(39-16-14-28(34)33(2)3)21-10-13-26-22(17-21)18-27(37-26)24-12-9-20-8-11-23(31)19-25(20)32-24/h8-13,17-19,30H,4-7,14-16H2,1-3H3. The van der Waals surface area contributed by atoms with Crippen LogP contribution in [0.15, 0.2) is 59.0 Å². The Balaban J connectivity index is 1.49. The Bertz CT molecular complexity index is 1440. The van der Waals surface area contributed by atoms with Crippen molar-refractivity contribution in [2.24, 2.45) is 0 Å². The van der Waals surface area contributed by atoms with Crippen LogP contribution in [0, 0.1) is 0 Å². The average molecular weight is 585 g/mol. The SMILES string of the molecule is CCOC(=O)CCCCSC(SCCC(=O)N(C)C)c1ccc2oc(-c3ccc4ccc(Cl)cc4n3)cc2c1. The number of hydrogen-bond donors (Lipinski definition) is 0. The first-order valence-corrected chi connectivity index (χ1v) is 15.5. The lowest BCUT2D eigenvalue weighted by Gasteiger charge is -2.18. The van der Waals surface area contributed by atoms with Crippen LogP contribution in [0.4, 0.5) is 0 Å². The van der Waals surface area contributed by atoms with Gasteiger partial charge in [-0.05, 0) is 67.5 Å². The Kier molecular flexibility index (Phi) is 10.6. The lowest BCUT2D eigenvalue weighted by molar-refractivity contribution is -0.143. The van der Waals surface area contributed by atoms with Crippen molar-refractivity contribution in [2.45, 2.75) is 37.2 Å². The van der Waals surface area contributed by atoms with E-state index >= 15 is 0 Å². The molecule has 2 aromatic heterocycles. The first kappa shape index (κ1) is 29.3. The second-order valence-corrected chi connectivity index (χ2v) is 12.5. The minimum Gasteiger partial charge on any atom is -0.466 e. The lowest BCUT2D eigenvalue weighted by atomic mass is 10.1. The van der Waals surface area contributed by atoms with E-state index in [2.05, 4.69) is 12.1 Å². The van der Waals surface area contributed by atoms with Crippen LogP contribution in [0.1, 0.15) is 42.8 Å². The van der Waals surface area contributed by atoms with Crippen molar-refractivity contribution in [2.75, 3.05) is 32.2 Å². The molecular weight excluding hydrogens is 552 g/mol. The maximum atomic E-state index is 12.1. The second kappa shape index (κ2) is 14.1. The fourth-order valence-corrected chi connectivity index (χ4v) is 6.97. The number of pyridine rings is 1. The van der Waals surface area contributed by atoms with E-state index in [1.165, 1.54) is 5.56 Å². The summed E-state index contributed by atoms with van der Waals surface area (Å²) in [6.45, 7) is 2.24. The number of unbranched alkanes of at least 4 members (excludes halogenated alkanes) is 1. The van der Waals surface area contributed by atoms with Crippen molar-refractivity contribution in [3.63, 3.8) is 0 Å². The highest BCUT2D eigenvalue weighted by molar-refractivity contribution is 8.16. The molecule has 4 aromatic rings. The maximum absolute atomic E-state index is 12.1. The summed E-state index contributed by atoms with van der Waals surface area (Å²) in [4.78, 5) is 30.2. The van der Waals surface area contributed by atoms with Gasteiger partial charge in [0.2, 0.25) is 5.91 Å². The van der Waals surface area contributed by atoms with Crippen molar-refractivity contribution in [3.05, 3.63) is 65.2 Å². The molecule has 4 rings (SSSR count). The van der Waals surface area contributed by atoms with E-state index in [1.54, 1.807) is 30.8 Å². The summed E-state index contributed by atoms with van der Waals surface area (Å²) in [6.07, 6.45) is 2.67. The summed E-state index contributed by atoms with van der Waals surface area (Å²) in [6, 6.07) is 17.9. The van der Waals surface area contributed by atoms with Crippen molar-refractivity contribution in [3.8, 4) is 11.5 Å². The molecule has 9 heteroatoms. The summed E-state index contributed by atoms with van der Waals surface area (Å²) in [7, 11) is 3.57. The number of carbonyl (C=O) groups is 2. The maximum Gasteiger partial charge on any atom is 0.305 e. The van der Waals surface area contributed by atoms with E-state index in [-0.39, 0.29) is 16.5 Å². The fraction of sp³-hybridized carbons (Fsp3) is 0.367. The number of esters is 1. The van der Waals surface area contributed by atoms with Crippen molar-refractivity contribution < 1.29 is 18.7 Å². The Hall–Kier alpha value is -2.68. The number of nitrogens with zero attached hydrogens (tertiary/aromatic N) is 2. The number of halogens is 1. The number of furan rings is 1. The second-order valence-electron chi connectivity index (χ2n) is 9.32. The van der Waals surface area contributed by atoms with Gasteiger partial charge in [-0.15, -0.1) is 23.5 Å². The average Bonchev–Trinajstić information content (AvgIpc) is 3.35. The van der Waals surface area contributed by atoms with Gasteiger partial charge in [-0.1, -0.05) is 29.8 Å². The van der Waals surface area contributed by atoms with E-state index in [4.69, 9.17) is 25.7 Å². The van der Waals surface area contributed by atoms with E-state index < -0.39 is 0 Å². The first-order valence-electron chi connectivity index (χ1n) is 13.0. The van der Waals surface area contributed by atoms with Crippen molar-refractivity contribution in [1.82, 2.24) is 9.88 Å². The van der Waals surface area contributed by atoms with Crippen LogP contribution in [0.3, 0.4) is 0 Å². The van der Waals surface area contributed by atoms with E-state index in [1.807, 2.05) is 61.2 Å². The number of rotatable bonds is 13. The Morgan fingerprint density at radius 1 is 0.974 bits per heavy atom. The van der Waals surface area contributed by atoms with Crippen LogP contribution in [0.2, 0.25) is 5.02 Å². The number of carbonyl (C=O) groups excluding carboxylic acids is 2. The van der Waals surface area contributed by atoms with Crippen LogP contribution >= 0.6 is 35.1 Å². The molecule has 0 bridgehead atoms. The summed E-state index contributed by atoms with van der Waals surface area (Å²) >= 11 is 9.79. The highest BCUT2D eigenvalue weighted by atomic mass is 35.5. The van der Waals surface area contributed by atoms with Gasteiger partial charge in [0.1, 0.15) is 11.3 Å². The molecule has 0 saturated carbocycles. The van der Waals surface area contributed by atoms with Crippen molar-refractivity contribution >= 4 is 68.9 Å². The lowest BCUT2D eigenvalue weighted by Crippen LogP contribution is -2.21. The molecule has 0 aliphatic carbocycles. The number of benzene rings is 2. The van der Waals surface area contributed by atoms with Crippen LogP contribution in [0.5, 0.6) is 0 Å². The first-order chi connectivity index (χ1) is 18.8. The van der Waals surface area contributed by atoms with Gasteiger partial charge < -0.3 is 14.1 Å². The van der Waals surface area contributed by atoms with Crippen molar-refractivity contribution in [1.29, 1.82) is 0 Å².